The van der Waals surface area contributed by atoms with E-state index in [1.54, 1.807) is 17.2 Å². The van der Waals surface area contributed by atoms with Crippen molar-refractivity contribution in [3.8, 4) is 0 Å². The van der Waals surface area contributed by atoms with Crippen molar-refractivity contribution in [2.45, 2.75) is 64.5 Å². The molecular weight excluding hydrogens is 452 g/mol. The van der Waals surface area contributed by atoms with E-state index >= 15 is 0 Å². The Morgan fingerprint density at radius 1 is 1.11 bits per heavy atom. The number of hydrogen-bond donors (Lipinski definition) is 1. The van der Waals surface area contributed by atoms with E-state index in [2.05, 4.69) is 4.98 Å². The van der Waals surface area contributed by atoms with Gasteiger partial charge in [0.05, 0.1) is 12.0 Å². The Balaban J connectivity index is 1.45. The summed E-state index contributed by atoms with van der Waals surface area (Å²) in [6.45, 7) is 1.25. The highest BCUT2D eigenvalue weighted by Crippen LogP contribution is 2.41. The zero-order chi connectivity index (χ0) is 24.6. The second kappa shape index (κ2) is 9.40. The number of halogens is 2. The number of carbonyl (C=O) groups excluding carboxylic acids is 1. The van der Waals surface area contributed by atoms with E-state index in [4.69, 9.17) is 0 Å². The molecule has 0 atom stereocenters. The first-order valence-corrected chi connectivity index (χ1v) is 12.2. The number of benzene rings is 1. The summed E-state index contributed by atoms with van der Waals surface area (Å²) in [4.78, 5) is 31.8. The summed E-state index contributed by atoms with van der Waals surface area (Å²) >= 11 is 0. The minimum absolute atomic E-state index is 0.0204. The molecule has 0 unspecified atom stereocenters. The van der Waals surface area contributed by atoms with Gasteiger partial charge in [0, 0.05) is 42.4 Å². The van der Waals surface area contributed by atoms with Crippen LogP contribution in [-0.4, -0.2) is 38.0 Å². The molecule has 5 rings (SSSR count). The van der Waals surface area contributed by atoms with Crippen molar-refractivity contribution < 1.29 is 23.5 Å². The Morgan fingerprint density at radius 3 is 2.66 bits per heavy atom. The summed E-state index contributed by atoms with van der Waals surface area (Å²) < 4.78 is 28.6. The van der Waals surface area contributed by atoms with Crippen molar-refractivity contribution in [3.63, 3.8) is 0 Å². The Kier molecular flexibility index (Phi) is 6.30. The predicted octanol–water partition coefficient (Wildman–Crippen LogP) is 5.33. The fourth-order valence-electron chi connectivity index (χ4n) is 5.75. The highest BCUT2D eigenvalue weighted by Gasteiger charge is 2.43. The van der Waals surface area contributed by atoms with Crippen LogP contribution >= 0.6 is 0 Å². The number of carboxylic acid groups (broad SMARTS) is 1. The molecule has 8 heteroatoms. The number of fused-ring (bicyclic) bond motifs is 3. The van der Waals surface area contributed by atoms with Gasteiger partial charge in [0.1, 0.15) is 5.65 Å². The maximum absolute atomic E-state index is 13.3. The van der Waals surface area contributed by atoms with Crippen LogP contribution in [0.4, 0.5) is 8.78 Å². The molecule has 3 aromatic rings. The monoisotopic (exact) mass is 481 g/mol. The minimum Gasteiger partial charge on any atom is -0.481 e. The number of nitrogens with zero attached hydrogens (tertiary/aromatic N) is 3. The zero-order valence-electron chi connectivity index (χ0n) is 19.6. The second-order valence-corrected chi connectivity index (χ2v) is 9.82. The number of pyridine rings is 1. The summed E-state index contributed by atoms with van der Waals surface area (Å²) in [5.74, 6) is -1.01. The number of rotatable bonds is 6. The summed E-state index contributed by atoms with van der Waals surface area (Å²) in [7, 11) is 0. The summed E-state index contributed by atoms with van der Waals surface area (Å²) in [5, 5.41) is 10.9. The largest absolute Gasteiger partial charge is 0.481 e. The average Bonchev–Trinajstić information content (AvgIpc) is 3.17. The van der Waals surface area contributed by atoms with Gasteiger partial charge >= 0.3 is 5.97 Å². The molecule has 1 saturated carbocycles. The van der Waals surface area contributed by atoms with Crippen molar-refractivity contribution in [2.24, 2.45) is 5.41 Å². The molecule has 1 N–H and O–H groups in total. The SMILES string of the molecule is O=C(CC1(C(=O)O)CCCCC1)N1CCc2c(n(Cc3cccc(C(F)F)c3)c3ncccc23)C1. The molecule has 1 fully saturated rings. The molecule has 1 amide bonds. The molecule has 2 aliphatic rings. The number of aromatic nitrogens is 2. The number of carbonyl (C=O) groups is 2. The third-order valence-electron chi connectivity index (χ3n) is 7.66. The molecule has 6 nitrogen and oxygen atoms in total. The molecular formula is C27H29F2N3O3. The smallest absolute Gasteiger partial charge is 0.310 e. The van der Waals surface area contributed by atoms with Crippen LogP contribution in [0.5, 0.6) is 0 Å². The van der Waals surface area contributed by atoms with Crippen LogP contribution in [0.3, 0.4) is 0 Å². The Hall–Kier alpha value is -3.29. The van der Waals surface area contributed by atoms with E-state index in [1.807, 2.05) is 22.8 Å². The van der Waals surface area contributed by atoms with Crippen LogP contribution in [0, 0.1) is 5.41 Å². The number of hydrogen-bond acceptors (Lipinski definition) is 3. The highest BCUT2D eigenvalue weighted by molar-refractivity contribution is 5.86. The second-order valence-electron chi connectivity index (χ2n) is 9.82. The van der Waals surface area contributed by atoms with E-state index in [0.717, 1.165) is 47.1 Å². The van der Waals surface area contributed by atoms with Gasteiger partial charge in [0.2, 0.25) is 5.91 Å². The van der Waals surface area contributed by atoms with Gasteiger partial charge in [-0.3, -0.25) is 9.59 Å². The van der Waals surface area contributed by atoms with Crippen LogP contribution in [0.2, 0.25) is 0 Å². The maximum atomic E-state index is 13.3. The van der Waals surface area contributed by atoms with E-state index in [-0.39, 0.29) is 17.9 Å². The fraction of sp³-hybridized carbons (Fsp3) is 0.444. The third-order valence-corrected chi connectivity index (χ3v) is 7.66. The number of carboxylic acids is 1. The van der Waals surface area contributed by atoms with Crippen molar-refractivity contribution in [3.05, 3.63) is 65.0 Å². The molecule has 1 aliphatic heterocycles. The summed E-state index contributed by atoms with van der Waals surface area (Å²) in [6.07, 6.45) is 3.59. The molecule has 1 aromatic carbocycles. The summed E-state index contributed by atoms with van der Waals surface area (Å²) in [6, 6.07) is 10.3. The lowest BCUT2D eigenvalue weighted by atomic mass is 9.71. The molecule has 184 valence electrons. The van der Waals surface area contributed by atoms with Crippen LogP contribution in [0.25, 0.3) is 11.0 Å². The van der Waals surface area contributed by atoms with Gasteiger partial charge in [-0.15, -0.1) is 0 Å². The van der Waals surface area contributed by atoms with Gasteiger partial charge in [-0.05, 0) is 48.6 Å². The van der Waals surface area contributed by atoms with Gasteiger partial charge in [-0.1, -0.05) is 37.5 Å². The molecule has 2 aromatic heterocycles. The standard InChI is InChI=1S/C27H29F2N3O3/c28-24(29)19-7-4-6-18(14-19)16-32-22-17-31(13-9-20(22)21-8-5-12-30-25(21)32)23(33)15-27(26(34)35)10-2-1-3-11-27/h4-8,12,14,24H,1-3,9-11,13,15-17H2,(H,34,35). The van der Waals surface area contributed by atoms with E-state index in [1.165, 1.54) is 12.1 Å². The van der Waals surface area contributed by atoms with Gasteiger partial charge in [-0.25, -0.2) is 13.8 Å². The van der Waals surface area contributed by atoms with Crippen LogP contribution in [0.1, 0.15) is 67.3 Å². The van der Waals surface area contributed by atoms with E-state index in [9.17, 15) is 23.5 Å². The Bertz CT molecular complexity index is 1260. The van der Waals surface area contributed by atoms with Crippen LogP contribution < -0.4 is 0 Å². The quantitative estimate of drug-likeness (QED) is 0.516. The van der Waals surface area contributed by atoms with Gasteiger partial charge in [0.25, 0.3) is 6.43 Å². The normalized spacial score (nSPS) is 17.5. The van der Waals surface area contributed by atoms with Crippen LogP contribution in [-0.2, 0) is 29.1 Å². The van der Waals surface area contributed by atoms with Gasteiger partial charge in [-0.2, -0.15) is 0 Å². The van der Waals surface area contributed by atoms with Gasteiger partial charge in [0.15, 0.2) is 0 Å². The van der Waals surface area contributed by atoms with E-state index < -0.39 is 17.8 Å². The Morgan fingerprint density at radius 2 is 1.91 bits per heavy atom. The Labute approximate surface area is 202 Å². The molecule has 35 heavy (non-hydrogen) atoms. The van der Waals surface area contributed by atoms with E-state index in [0.29, 0.717) is 38.9 Å². The zero-order valence-corrected chi connectivity index (χ0v) is 19.6. The minimum atomic E-state index is -2.54. The van der Waals surface area contributed by atoms with Crippen LogP contribution in [0.15, 0.2) is 42.6 Å². The molecule has 3 heterocycles. The first-order valence-electron chi connectivity index (χ1n) is 12.2. The first-order chi connectivity index (χ1) is 16.9. The summed E-state index contributed by atoms with van der Waals surface area (Å²) in [5.41, 5.74) is 2.57. The molecule has 0 radical (unpaired) electrons. The lowest BCUT2D eigenvalue weighted by Crippen LogP contribution is -2.43. The highest BCUT2D eigenvalue weighted by atomic mass is 19.3. The maximum Gasteiger partial charge on any atom is 0.310 e. The number of amides is 1. The lowest BCUT2D eigenvalue weighted by molar-refractivity contribution is -0.156. The number of alkyl halides is 2. The van der Waals surface area contributed by atoms with Crippen molar-refractivity contribution in [2.75, 3.05) is 6.54 Å². The third kappa shape index (κ3) is 4.42. The molecule has 0 spiro atoms. The average molecular weight is 482 g/mol. The van der Waals surface area contributed by atoms with Crippen molar-refractivity contribution in [1.29, 1.82) is 0 Å². The molecule has 0 saturated heterocycles. The molecule has 1 aliphatic carbocycles. The van der Waals surface area contributed by atoms with Crippen molar-refractivity contribution >= 4 is 22.9 Å². The first kappa shape index (κ1) is 23.5. The lowest BCUT2D eigenvalue weighted by Gasteiger charge is -2.36. The number of aliphatic carboxylic acids is 1. The molecule has 0 bridgehead atoms. The van der Waals surface area contributed by atoms with Gasteiger partial charge < -0.3 is 14.6 Å². The predicted molar refractivity (Wildman–Crippen MR) is 127 cm³/mol. The topological polar surface area (TPSA) is 75.4 Å². The fourth-order valence-corrected chi connectivity index (χ4v) is 5.75. The van der Waals surface area contributed by atoms with Crippen molar-refractivity contribution in [1.82, 2.24) is 14.5 Å².